The van der Waals surface area contributed by atoms with Gasteiger partial charge in [0.1, 0.15) is 0 Å². The Morgan fingerprint density at radius 3 is 2.57 bits per heavy atom. The Balaban J connectivity index is 1.69. The normalized spacial score (nSPS) is 11.3. The summed E-state index contributed by atoms with van der Waals surface area (Å²) in [6.45, 7) is 2.05. The summed E-state index contributed by atoms with van der Waals surface area (Å²) in [5, 5.41) is 1.96. The van der Waals surface area contributed by atoms with Crippen molar-refractivity contribution in [3.63, 3.8) is 0 Å². The van der Waals surface area contributed by atoms with Gasteiger partial charge in [-0.05, 0) is 42.7 Å². The van der Waals surface area contributed by atoms with Crippen LogP contribution in [0.25, 0.3) is 17.1 Å². The predicted octanol–water partition coefficient (Wildman–Crippen LogP) is 5.19. The third-order valence-electron chi connectivity index (χ3n) is 4.49. The summed E-state index contributed by atoms with van der Waals surface area (Å²) in [4.78, 5) is 31.1. The van der Waals surface area contributed by atoms with E-state index in [0.29, 0.717) is 11.1 Å². The first-order valence-corrected chi connectivity index (χ1v) is 9.81. The van der Waals surface area contributed by atoms with Gasteiger partial charge in [-0.1, -0.05) is 48.0 Å². The van der Waals surface area contributed by atoms with Crippen LogP contribution in [0.1, 0.15) is 31.4 Å². The van der Waals surface area contributed by atoms with E-state index in [0.717, 1.165) is 16.0 Å². The van der Waals surface area contributed by atoms with Gasteiger partial charge in [-0.2, -0.15) is 0 Å². The zero-order valence-electron chi connectivity index (χ0n) is 15.3. The maximum atomic E-state index is 12.8. The molecule has 0 saturated heterocycles. The molecule has 0 fully saturated rings. The molecule has 2 aromatic heterocycles. The van der Waals surface area contributed by atoms with E-state index in [2.05, 4.69) is 4.98 Å². The smallest absolute Gasteiger partial charge is 0.221 e. The molecule has 4 nitrogen and oxygen atoms in total. The lowest BCUT2D eigenvalue weighted by molar-refractivity contribution is 0.0969. The van der Waals surface area contributed by atoms with Crippen LogP contribution in [-0.2, 0) is 6.54 Å². The Hall–Kier alpha value is -3.31. The summed E-state index contributed by atoms with van der Waals surface area (Å²) in [6, 6.07) is 18.8. The Kier molecular flexibility index (Phi) is 5.00. The third-order valence-corrected chi connectivity index (χ3v) is 5.33. The number of benzene rings is 2. The number of ketones is 2. The molecule has 0 aliphatic carbocycles. The molecule has 28 heavy (non-hydrogen) atoms. The summed E-state index contributed by atoms with van der Waals surface area (Å²) < 4.78 is 1.71. The molecule has 0 spiro atoms. The van der Waals surface area contributed by atoms with Crippen molar-refractivity contribution in [1.82, 2.24) is 9.55 Å². The number of carbonyl (C=O) groups is 2. The first-order valence-electron chi connectivity index (χ1n) is 8.93. The molecular formula is C23H18N2O2S. The number of imidazole rings is 1. The zero-order valence-corrected chi connectivity index (χ0v) is 16.1. The second-order valence-electron chi connectivity index (χ2n) is 6.51. The van der Waals surface area contributed by atoms with Crippen molar-refractivity contribution < 1.29 is 9.59 Å². The topological polar surface area (TPSA) is 52.0 Å². The fraction of sp³-hybridized carbons (Fsp3) is 0.0870. The van der Waals surface area contributed by atoms with E-state index in [1.54, 1.807) is 22.0 Å². The molecule has 0 aliphatic heterocycles. The number of para-hydroxylation sites is 2. The number of hydrogen-bond donors (Lipinski definition) is 0. The standard InChI is InChI=1S/C23H18N2O2S/c1-16-8-10-17(11-9-16)22(27)15-25-20-7-3-2-6-19(20)24-23(25)21(26)13-12-18-5-4-14-28-18/h2-14H,15H2,1H3/b13-12+. The van der Waals surface area contributed by atoms with Crippen molar-refractivity contribution in [1.29, 1.82) is 0 Å². The fourth-order valence-corrected chi connectivity index (χ4v) is 3.63. The number of aryl methyl sites for hydroxylation is 1. The summed E-state index contributed by atoms with van der Waals surface area (Å²) >= 11 is 1.56. The van der Waals surface area contributed by atoms with E-state index >= 15 is 0 Å². The molecule has 0 unspecified atom stereocenters. The first kappa shape index (κ1) is 18.1. The molecule has 0 N–H and O–H groups in total. The predicted molar refractivity (Wildman–Crippen MR) is 113 cm³/mol. The van der Waals surface area contributed by atoms with Crippen molar-refractivity contribution in [3.05, 3.63) is 93.9 Å². The van der Waals surface area contributed by atoms with Crippen molar-refractivity contribution in [2.75, 3.05) is 0 Å². The molecule has 2 aromatic carbocycles. The van der Waals surface area contributed by atoms with Crippen LogP contribution in [0.4, 0.5) is 0 Å². The van der Waals surface area contributed by atoms with Crippen molar-refractivity contribution in [2.24, 2.45) is 0 Å². The molecule has 0 atom stereocenters. The second-order valence-corrected chi connectivity index (χ2v) is 7.49. The van der Waals surface area contributed by atoms with Crippen LogP contribution in [0.2, 0.25) is 0 Å². The highest BCUT2D eigenvalue weighted by atomic mass is 32.1. The molecular weight excluding hydrogens is 368 g/mol. The molecule has 5 heteroatoms. The average molecular weight is 386 g/mol. The molecule has 138 valence electrons. The maximum absolute atomic E-state index is 12.8. The number of nitrogens with zero attached hydrogens (tertiary/aromatic N) is 2. The number of hydrogen-bond acceptors (Lipinski definition) is 4. The summed E-state index contributed by atoms with van der Waals surface area (Å²) in [5.41, 5.74) is 3.19. The van der Waals surface area contributed by atoms with Gasteiger partial charge in [0.15, 0.2) is 11.6 Å². The number of carbonyl (C=O) groups excluding carboxylic acids is 2. The summed E-state index contributed by atoms with van der Waals surface area (Å²) in [6.07, 6.45) is 3.29. The number of thiophene rings is 1. The molecule has 4 aromatic rings. The summed E-state index contributed by atoms with van der Waals surface area (Å²) in [7, 11) is 0. The number of allylic oxidation sites excluding steroid dienone is 1. The van der Waals surface area contributed by atoms with E-state index in [9.17, 15) is 9.59 Å². The van der Waals surface area contributed by atoms with Crippen LogP contribution >= 0.6 is 11.3 Å². The van der Waals surface area contributed by atoms with Gasteiger partial charge in [0, 0.05) is 10.4 Å². The Labute approximate surface area is 166 Å². The van der Waals surface area contributed by atoms with Crippen molar-refractivity contribution >= 4 is 40.0 Å². The molecule has 0 radical (unpaired) electrons. The van der Waals surface area contributed by atoms with Crippen LogP contribution in [-0.4, -0.2) is 21.1 Å². The van der Waals surface area contributed by atoms with E-state index < -0.39 is 0 Å². The minimum atomic E-state index is -0.221. The van der Waals surface area contributed by atoms with Crippen molar-refractivity contribution in [3.8, 4) is 0 Å². The Morgan fingerprint density at radius 2 is 1.82 bits per heavy atom. The molecule has 0 amide bonds. The van der Waals surface area contributed by atoms with Gasteiger partial charge >= 0.3 is 0 Å². The quantitative estimate of drug-likeness (QED) is 0.339. The monoisotopic (exact) mass is 386 g/mol. The lowest BCUT2D eigenvalue weighted by Crippen LogP contribution is -2.15. The van der Waals surface area contributed by atoms with Gasteiger partial charge in [0.2, 0.25) is 5.78 Å². The van der Waals surface area contributed by atoms with Crippen LogP contribution in [0, 0.1) is 6.92 Å². The van der Waals surface area contributed by atoms with E-state index in [1.807, 2.05) is 73.0 Å². The van der Waals surface area contributed by atoms with Gasteiger partial charge in [-0.25, -0.2) is 4.98 Å². The average Bonchev–Trinajstić information content (AvgIpc) is 3.35. The van der Waals surface area contributed by atoms with Crippen LogP contribution in [0.3, 0.4) is 0 Å². The zero-order chi connectivity index (χ0) is 19.5. The number of rotatable bonds is 6. The second kappa shape index (κ2) is 7.74. The van der Waals surface area contributed by atoms with Gasteiger partial charge < -0.3 is 4.57 Å². The summed E-state index contributed by atoms with van der Waals surface area (Å²) in [5.74, 6) is -0.00443. The van der Waals surface area contributed by atoms with Gasteiger partial charge in [0.05, 0.1) is 17.6 Å². The lowest BCUT2D eigenvalue weighted by Gasteiger charge is -2.07. The first-order chi connectivity index (χ1) is 13.6. The minimum absolute atomic E-state index is 0.0561. The Bertz CT molecular complexity index is 1170. The Morgan fingerprint density at radius 1 is 1.04 bits per heavy atom. The van der Waals surface area contributed by atoms with E-state index in [1.165, 1.54) is 6.08 Å². The van der Waals surface area contributed by atoms with Gasteiger partial charge in [0.25, 0.3) is 0 Å². The highest BCUT2D eigenvalue weighted by molar-refractivity contribution is 7.10. The fourth-order valence-electron chi connectivity index (χ4n) is 3.02. The van der Waals surface area contributed by atoms with Gasteiger partial charge in [-0.15, -0.1) is 11.3 Å². The highest BCUT2D eigenvalue weighted by Gasteiger charge is 2.18. The molecule has 0 bridgehead atoms. The van der Waals surface area contributed by atoms with Gasteiger partial charge in [-0.3, -0.25) is 9.59 Å². The van der Waals surface area contributed by atoms with Crippen LogP contribution < -0.4 is 0 Å². The van der Waals surface area contributed by atoms with Crippen molar-refractivity contribution in [2.45, 2.75) is 13.5 Å². The molecule has 4 rings (SSSR count). The van der Waals surface area contributed by atoms with Crippen LogP contribution in [0.5, 0.6) is 0 Å². The highest BCUT2D eigenvalue weighted by Crippen LogP contribution is 2.19. The minimum Gasteiger partial charge on any atom is -0.313 e. The molecule has 2 heterocycles. The number of aromatic nitrogens is 2. The number of Topliss-reactive ketones (excluding diaryl/α,β-unsaturated/α-hetero) is 1. The lowest BCUT2D eigenvalue weighted by atomic mass is 10.1. The van der Waals surface area contributed by atoms with E-state index in [-0.39, 0.29) is 23.9 Å². The third kappa shape index (κ3) is 3.70. The molecule has 0 saturated carbocycles. The SMILES string of the molecule is Cc1ccc(C(=O)Cn2c(C(=O)/C=C/c3cccs3)nc3ccccc32)cc1. The maximum Gasteiger partial charge on any atom is 0.221 e. The molecule has 0 aliphatic rings. The van der Waals surface area contributed by atoms with Crippen LogP contribution in [0.15, 0.2) is 72.1 Å². The van der Waals surface area contributed by atoms with E-state index in [4.69, 9.17) is 0 Å². The number of fused-ring (bicyclic) bond motifs is 1. The largest absolute Gasteiger partial charge is 0.313 e.